The number of halogens is 2. The lowest BCUT2D eigenvalue weighted by Crippen LogP contribution is -2.51. The van der Waals surface area contributed by atoms with E-state index in [1.54, 1.807) is 31.2 Å². The van der Waals surface area contributed by atoms with E-state index in [1.165, 1.54) is 29.2 Å². The van der Waals surface area contributed by atoms with E-state index in [-0.39, 0.29) is 12.5 Å². The molecule has 33 heavy (non-hydrogen) atoms. The first-order valence-electron chi connectivity index (χ1n) is 10.6. The number of carbonyl (C=O) groups is 2. The van der Waals surface area contributed by atoms with E-state index in [0.717, 1.165) is 27.9 Å². The summed E-state index contributed by atoms with van der Waals surface area (Å²) in [6.07, 6.45) is 2.73. The van der Waals surface area contributed by atoms with Crippen molar-refractivity contribution in [1.82, 2.24) is 10.2 Å². The largest absolute Gasteiger partial charge is 0.354 e. The lowest BCUT2D eigenvalue weighted by molar-refractivity contribution is -0.139. The highest BCUT2D eigenvalue weighted by Crippen LogP contribution is 2.21. The summed E-state index contributed by atoms with van der Waals surface area (Å²) in [5, 5.41) is 2.81. The SMILES string of the molecule is CCCCNC(=O)[C@H](C)N(Cc1ccc(F)cc1)C(=O)CN(c1ccc(Br)cc1)S(C)(=O)=O. The van der Waals surface area contributed by atoms with Gasteiger partial charge in [-0.3, -0.25) is 13.9 Å². The Kier molecular flexibility index (Phi) is 9.85. The van der Waals surface area contributed by atoms with E-state index in [1.807, 2.05) is 6.92 Å². The molecule has 1 N–H and O–H groups in total. The van der Waals surface area contributed by atoms with Gasteiger partial charge < -0.3 is 10.2 Å². The van der Waals surface area contributed by atoms with Crippen LogP contribution in [0.4, 0.5) is 10.1 Å². The van der Waals surface area contributed by atoms with Crippen LogP contribution >= 0.6 is 15.9 Å². The minimum absolute atomic E-state index is 0.0272. The molecule has 0 aliphatic rings. The molecule has 0 heterocycles. The summed E-state index contributed by atoms with van der Waals surface area (Å²) in [5.74, 6) is -1.31. The summed E-state index contributed by atoms with van der Waals surface area (Å²) in [7, 11) is -3.78. The van der Waals surface area contributed by atoms with Crippen LogP contribution in [-0.4, -0.2) is 50.5 Å². The third-order valence-electron chi connectivity index (χ3n) is 5.06. The van der Waals surface area contributed by atoms with Gasteiger partial charge in [-0.15, -0.1) is 0 Å². The highest BCUT2D eigenvalue weighted by Gasteiger charge is 2.30. The monoisotopic (exact) mass is 541 g/mol. The Hall–Kier alpha value is -2.46. The fraction of sp³-hybridized carbons (Fsp3) is 0.391. The highest BCUT2D eigenvalue weighted by atomic mass is 79.9. The van der Waals surface area contributed by atoms with E-state index in [2.05, 4.69) is 21.2 Å². The van der Waals surface area contributed by atoms with Crippen molar-refractivity contribution in [2.45, 2.75) is 39.3 Å². The van der Waals surface area contributed by atoms with Crippen molar-refractivity contribution in [1.29, 1.82) is 0 Å². The quantitative estimate of drug-likeness (QED) is 0.439. The first-order valence-corrected chi connectivity index (χ1v) is 13.2. The van der Waals surface area contributed by atoms with Gasteiger partial charge in [0, 0.05) is 17.6 Å². The predicted molar refractivity (Wildman–Crippen MR) is 131 cm³/mol. The van der Waals surface area contributed by atoms with E-state index in [4.69, 9.17) is 0 Å². The summed E-state index contributed by atoms with van der Waals surface area (Å²) >= 11 is 3.31. The predicted octanol–water partition coefficient (Wildman–Crippen LogP) is 3.69. The molecule has 2 rings (SSSR count). The summed E-state index contributed by atoms with van der Waals surface area (Å²) in [6, 6.07) is 11.3. The second-order valence-electron chi connectivity index (χ2n) is 7.71. The van der Waals surface area contributed by atoms with Gasteiger partial charge in [0.15, 0.2) is 0 Å². The van der Waals surface area contributed by atoms with E-state index in [9.17, 15) is 22.4 Å². The number of rotatable bonds is 11. The number of anilines is 1. The Morgan fingerprint density at radius 3 is 2.24 bits per heavy atom. The molecule has 2 aromatic rings. The van der Waals surface area contributed by atoms with Gasteiger partial charge in [-0.2, -0.15) is 0 Å². The molecule has 0 unspecified atom stereocenters. The molecule has 0 saturated heterocycles. The number of sulfonamides is 1. The van der Waals surface area contributed by atoms with Gasteiger partial charge in [-0.05, 0) is 55.3 Å². The molecule has 0 aromatic heterocycles. The van der Waals surface area contributed by atoms with E-state index < -0.39 is 34.3 Å². The molecule has 0 radical (unpaired) electrons. The Morgan fingerprint density at radius 1 is 1.09 bits per heavy atom. The van der Waals surface area contributed by atoms with Crippen LogP contribution in [0.5, 0.6) is 0 Å². The number of hydrogen-bond donors (Lipinski definition) is 1. The van der Waals surface area contributed by atoms with Crippen molar-refractivity contribution in [3.8, 4) is 0 Å². The maximum Gasteiger partial charge on any atom is 0.244 e. The van der Waals surface area contributed by atoms with Crippen molar-refractivity contribution in [3.05, 3.63) is 64.4 Å². The van der Waals surface area contributed by atoms with Crippen LogP contribution in [0.15, 0.2) is 53.0 Å². The molecule has 10 heteroatoms. The zero-order chi connectivity index (χ0) is 24.6. The van der Waals surface area contributed by atoms with Crippen molar-refractivity contribution < 1.29 is 22.4 Å². The zero-order valence-electron chi connectivity index (χ0n) is 18.9. The number of hydrogen-bond acceptors (Lipinski definition) is 4. The van der Waals surface area contributed by atoms with Crippen LogP contribution in [-0.2, 0) is 26.2 Å². The Balaban J connectivity index is 2.32. The Labute approximate surface area is 203 Å². The first kappa shape index (κ1) is 26.8. The number of nitrogens with one attached hydrogen (secondary N) is 1. The minimum atomic E-state index is -3.78. The molecule has 0 aliphatic carbocycles. The zero-order valence-corrected chi connectivity index (χ0v) is 21.3. The van der Waals surface area contributed by atoms with Gasteiger partial charge in [0.2, 0.25) is 21.8 Å². The van der Waals surface area contributed by atoms with Gasteiger partial charge in [-0.25, -0.2) is 12.8 Å². The smallest absolute Gasteiger partial charge is 0.244 e. The molecule has 0 spiro atoms. The Bertz CT molecular complexity index is 1050. The molecule has 0 saturated carbocycles. The fourth-order valence-corrected chi connectivity index (χ4v) is 4.24. The molecule has 2 aromatic carbocycles. The Morgan fingerprint density at radius 2 is 1.70 bits per heavy atom. The molecule has 0 aliphatic heterocycles. The number of benzene rings is 2. The van der Waals surface area contributed by atoms with Gasteiger partial charge in [0.05, 0.1) is 11.9 Å². The average molecular weight is 542 g/mol. The topological polar surface area (TPSA) is 86.8 Å². The second kappa shape index (κ2) is 12.1. The molecule has 1 atom stereocenters. The molecule has 7 nitrogen and oxygen atoms in total. The van der Waals surface area contributed by atoms with E-state index >= 15 is 0 Å². The van der Waals surface area contributed by atoms with Gasteiger partial charge >= 0.3 is 0 Å². The third-order valence-corrected chi connectivity index (χ3v) is 6.73. The van der Waals surface area contributed by atoms with Crippen molar-refractivity contribution in [3.63, 3.8) is 0 Å². The van der Waals surface area contributed by atoms with Crippen molar-refractivity contribution >= 4 is 43.5 Å². The minimum Gasteiger partial charge on any atom is -0.354 e. The maximum atomic E-state index is 13.3. The van der Waals surface area contributed by atoms with Crippen molar-refractivity contribution in [2.24, 2.45) is 0 Å². The van der Waals surface area contributed by atoms with Crippen LogP contribution in [0.3, 0.4) is 0 Å². The average Bonchev–Trinajstić information content (AvgIpc) is 2.76. The maximum absolute atomic E-state index is 13.3. The molecule has 180 valence electrons. The molecule has 2 amide bonds. The van der Waals surface area contributed by atoms with Crippen LogP contribution in [0, 0.1) is 5.82 Å². The fourth-order valence-electron chi connectivity index (χ4n) is 3.13. The third kappa shape index (κ3) is 8.12. The standard InChI is InChI=1S/C23H29BrFN3O4S/c1-4-5-14-26-23(30)17(2)27(15-18-6-10-20(25)11-7-18)22(29)16-28(33(3,31)32)21-12-8-19(24)9-13-21/h6-13,17H,4-5,14-16H2,1-3H3,(H,26,30)/t17-/m0/s1. The first-order chi connectivity index (χ1) is 15.5. The molecule has 0 fully saturated rings. The van der Waals surface area contributed by atoms with Crippen molar-refractivity contribution in [2.75, 3.05) is 23.7 Å². The van der Waals surface area contributed by atoms with Crippen LogP contribution in [0.2, 0.25) is 0 Å². The number of nitrogens with zero attached hydrogens (tertiary/aromatic N) is 2. The normalized spacial score (nSPS) is 12.2. The van der Waals surface area contributed by atoms with Crippen LogP contribution < -0.4 is 9.62 Å². The lowest BCUT2D eigenvalue weighted by atomic mass is 10.1. The molecule has 0 bridgehead atoms. The lowest BCUT2D eigenvalue weighted by Gasteiger charge is -2.31. The van der Waals surface area contributed by atoms with Gasteiger partial charge in [-0.1, -0.05) is 41.4 Å². The number of amides is 2. The second-order valence-corrected chi connectivity index (χ2v) is 10.5. The van der Waals surface area contributed by atoms with Crippen LogP contribution in [0.1, 0.15) is 32.3 Å². The van der Waals surface area contributed by atoms with Crippen LogP contribution in [0.25, 0.3) is 0 Å². The number of unbranched alkanes of at least 4 members (excludes halogenated alkanes) is 1. The van der Waals surface area contributed by atoms with E-state index in [0.29, 0.717) is 17.8 Å². The summed E-state index contributed by atoms with van der Waals surface area (Å²) in [6.45, 7) is 3.62. The molecular weight excluding hydrogens is 513 g/mol. The summed E-state index contributed by atoms with van der Waals surface area (Å²) in [5.41, 5.74) is 0.948. The molecular formula is C23H29BrFN3O4S. The van der Waals surface area contributed by atoms with Gasteiger partial charge in [0.25, 0.3) is 0 Å². The number of carbonyl (C=O) groups excluding carboxylic acids is 2. The van der Waals surface area contributed by atoms with Gasteiger partial charge in [0.1, 0.15) is 18.4 Å². The summed E-state index contributed by atoms with van der Waals surface area (Å²) < 4.78 is 40.0. The highest BCUT2D eigenvalue weighted by molar-refractivity contribution is 9.10. The summed E-state index contributed by atoms with van der Waals surface area (Å²) in [4.78, 5) is 27.4.